The van der Waals surface area contributed by atoms with Crippen LogP contribution in [0.15, 0.2) is 0 Å². The Kier molecular flexibility index (Phi) is 1.74. The molecule has 0 rings (SSSR count). The van der Waals surface area contributed by atoms with Gasteiger partial charge in [0.15, 0.2) is 0 Å². The zero-order valence-electron chi connectivity index (χ0n) is 3.03. The first-order valence-electron chi connectivity index (χ1n) is 1.27. The molecule has 0 amide bonds. The van der Waals surface area contributed by atoms with Crippen molar-refractivity contribution in [3.05, 3.63) is 0 Å². The standard InChI is InChI=1S/CH6NO3P/c2-6(4,5)1-3/h3H,1H2,(H3,2,4,5). The van der Waals surface area contributed by atoms with Crippen LogP contribution in [-0.2, 0) is 4.57 Å². The van der Waals surface area contributed by atoms with Crippen LogP contribution in [0.25, 0.3) is 0 Å². The summed E-state index contributed by atoms with van der Waals surface area (Å²) in [5.74, 6) is 0. The van der Waals surface area contributed by atoms with Crippen molar-refractivity contribution in [2.75, 3.05) is 6.35 Å². The van der Waals surface area contributed by atoms with Crippen LogP contribution in [0.1, 0.15) is 0 Å². The predicted octanol–water partition coefficient (Wildman–Crippen LogP) is -0.920. The third kappa shape index (κ3) is 4.11. The number of hydrogen-bond acceptors (Lipinski definition) is 2. The van der Waals surface area contributed by atoms with Gasteiger partial charge in [0.2, 0.25) is 0 Å². The van der Waals surface area contributed by atoms with E-state index in [0.29, 0.717) is 0 Å². The zero-order chi connectivity index (χ0) is 5.21. The molecule has 0 aromatic carbocycles. The average molecular weight is 111 g/mol. The first-order valence-corrected chi connectivity index (χ1v) is 3.19. The molecule has 1 unspecified atom stereocenters. The van der Waals surface area contributed by atoms with Crippen LogP contribution < -0.4 is 5.50 Å². The Hall–Kier alpha value is 0.110. The molecule has 1 atom stereocenters. The minimum atomic E-state index is -3.59. The molecule has 0 aromatic rings. The molecule has 4 nitrogen and oxygen atoms in total. The lowest BCUT2D eigenvalue weighted by molar-refractivity contribution is 0.333. The lowest BCUT2D eigenvalue weighted by atomic mass is 11.7. The normalized spacial score (nSPS) is 19.8. The molecule has 0 radical (unpaired) electrons. The van der Waals surface area contributed by atoms with E-state index >= 15 is 0 Å². The van der Waals surface area contributed by atoms with Gasteiger partial charge in [-0.25, -0.2) is 0 Å². The van der Waals surface area contributed by atoms with Crippen LogP contribution in [0, 0.1) is 0 Å². The van der Waals surface area contributed by atoms with E-state index in [4.69, 9.17) is 10.00 Å². The average Bonchev–Trinajstić information content (AvgIpc) is 1.35. The van der Waals surface area contributed by atoms with E-state index in [2.05, 4.69) is 5.50 Å². The fourth-order valence-corrected chi connectivity index (χ4v) is 0. The van der Waals surface area contributed by atoms with Gasteiger partial charge in [0.1, 0.15) is 6.35 Å². The van der Waals surface area contributed by atoms with Gasteiger partial charge in [-0.15, -0.1) is 0 Å². The summed E-state index contributed by atoms with van der Waals surface area (Å²) < 4.78 is 9.67. The van der Waals surface area contributed by atoms with E-state index in [1.807, 2.05) is 0 Å². The highest BCUT2D eigenvalue weighted by atomic mass is 31.2. The first kappa shape index (κ1) is 6.11. The Morgan fingerprint density at radius 1 is 1.83 bits per heavy atom. The van der Waals surface area contributed by atoms with Crippen LogP contribution in [0.2, 0.25) is 0 Å². The van der Waals surface area contributed by atoms with Crippen molar-refractivity contribution in [1.82, 2.24) is 0 Å². The molecule has 38 valence electrons. The van der Waals surface area contributed by atoms with E-state index in [1.165, 1.54) is 0 Å². The van der Waals surface area contributed by atoms with Crippen LogP contribution in [0.4, 0.5) is 0 Å². The highest BCUT2D eigenvalue weighted by molar-refractivity contribution is 7.55. The smallest absolute Gasteiger partial charge is 0.289 e. The summed E-state index contributed by atoms with van der Waals surface area (Å²) in [5, 5.41) is 7.76. The van der Waals surface area contributed by atoms with Gasteiger partial charge in [-0.05, 0) is 0 Å². The van der Waals surface area contributed by atoms with Crippen molar-refractivity contribution >= 4 is 7.52 Å². The highest BCUT2D eigenvalue weighted by Gasteiger charge is 2.04. The fourth-order valence-electron chi connectivity index (χ4n) is 0. The molecule has 0 aliphatic rings. The lowest BCUT2D eigenvalue weighted by Crippen LogP contribution is -1.95. The number of rotatable bonds is 1. The second kappa shape index (κ2) is 1.71. The quantitative estimate of drug-likeness (QED) is 0.382. The molecular formula is CH6NO3P. The van der Waals surface area contributed by atoms with E-state index in [1.54, 1.807) is 0 Å². The molecular weight excluding hydrogens is 105 g/mol. The van der Waals surface area contributed by atoms with Crippen molar-refractivity contribution in [1.29, 1.82) is 0 Å². The number of hydrogen-bond donors (Lipinski definition) is 3. The monoisotopic (exact) mass is 111 g/mol. The molecule has 0 saturated carbocycles. The van der Waals surface area contributed by atoms with Crippen molar-refractivity contribution in [3.8, 4) is 0 Å². The lowest BCUT2D eigenvalue weighted by Gasteiger charge is -1.93. The molecule has 5 heteroatoms. The molecule has 0 bridgehead atoms. The second-order valence-electron chi connectivity index (χ2n) is 0.897. The van der Waals surface area contributed by atoms with Crippen LogP contribution >= 0.6 is 7.52 Å². The van der Waals surface area contributed by atoms with Crippen LogP contribution in [0.5, 0.6) is 0 Å². The van der Waals surface area contributed by atoms with Crippen LogP contribution in [-0.4, -0.2) is 16.3 Å². The van der Waals surface area contributed by atoms with E-state index in [0.717, 1.165) is 0 Å². The predicted molar refractivity (Wildman–Crippen MR) is 21.1 cm³/mol. The van der Waals surface area contributed by atoms with Crippen molar-refractivity contribution in [2.24, 2.45) is 5.50 Å². The Morgan fingerprint density at radius 2 is 2.00 bits per heavy atom. The maximum absolute atomic E-state index is 9.67. The SMILES string of the molecule is NP(=O)(O)CO. The Labute approximate surface area is 35.1 Å². The summed E-state index contributed by atoms with van der Waals surface area (Å²) in [4.78, 5) is 7.91. The van der Waals surface area contributed by atoms with Crippen LogP contribution in [0.3, 0.4) is 0 Å². The summed E-state index contributed by atoms with van der Waals surface area (Å²) >= 11 is 0. The van der Waals surface area contributed by atoms with Gasteiger partial charge >= 0.3 is 0 Å². The summed E-state index contributed by atoms with van der Waals surface area (Å²) in [7, 11) is -3.59. The second-order valence-corrected chi connectivity index (χ2v) is 2.69. The fraction of sp³-hybridized carbons (Fsp3) is 1.00. The molecule has 0 aliphatic heterocycles. The Morgan fingerprint density at radius 3 is 2.00 bits per heavy atom. The molecule has 6 heavy (non-hydrogen) atoms. The van der Waals surface area contributed by atoms with Gasteiger partial charge in [-0.3, -0.25) is 10.1 Å². The minimum absolute atomic E-state index is 0.840. The summed E-state index contributed by atoms with van der Waals surface area (Å²) in [6.45, 7) is 0. The first-order chi connectivity index (χ1) is 2.56. The molecule has 4 N–H and O–H groups in total. The van der Waals surface area contributed by atoms with Crippen molar-refractivity contribution in [3.63, 3.8) is 0 Å². The van der Waals surface area contributed by atoms with Gasteiger partial charge in [0, 0.05) is 0 Å². The largest absolute Gasteiger partial charge is 0.385 e. The molecule has 0 fully saturated rings. The highest BCUT2D eigenvalue weighted by Crippen LogP contribution is 2.26. The number of aliphatic hydroxyl groups is 1. The van der Waals surface area contributed by atoms with Gasteiger partial charge in [0.05, 0.1) is 0 Å². The van der Waals surface area contributed by atoms with Gasteiger partial charge < -0.3 is 10.00 Å². The summed E-state index contributed by atoms with van der Waals surface area (Å²) in [5.41, 5.74) is 4.40. The van der Waals surface area contributed by atoms with E-state index < -0.39 is 13.9 Å². The topological polar surface area (TPSA) is 83.6 Å². The molecule has 0 spiro atoms. The van der Waals surface area contributed by atoms with Gasteiger partial charge in [-0.2, -0.15) is 0 Å². The molecule has 0 heterocycles. The van der Waals surface area contributed by atoms with Gasteiger partial charge in [0.25, 0.3) is 7.52 Å². The third-order valence-corrected chi connectivity index (χ3v) is 0.608. The Bertz CT molecular complexity index is 74.9. The summed E-state index contributed by atoms with van der Waals surface area (Å²) in [6.07, 6.45) is -0.840. The van der Waals surface area contributed by atoms with Crippen molar-refractivity contribution in [2.45, 2.75) is 0 Å². The number of aliphatic hydroxyl groups excluding tert-OH is 1. The maximum atomic E-state index is 9.67. The maximum Gasteiger partial charge on any atom is 0.289 e. The van der Waals surface area contributed by atoms with E-state index in [-0.39, 0.29) is 0 Å². The Balaban J connectivity index is 3.48. The third-order valence-electron chi connectivity index (χ3n) is 0.203. The molecule has 0 aliphatic carbocycles. The molecule has 0 aromatic heterocycles. The summed E-state index contributed by atoms with van der Waals surface area (Å²) in [6, 6.07) is 0. The van der Waals surface area contributed by atoms with Gasteiger partial charge in [-0.1, -0.05) is 0 Å². The zero-order valence-corrected chi connectivity index (χ0v) is 3.93. The number of nitrogens with two attached hydrogens (primary N) is 1. The minimum Gasteiger partial charge on any atom is -0.385 e. The molecule has 0 saturated heterocycles. The van der Waals surface area contributed by atoms with E-state index in [9.17, 15) is 4.57 Å². The van der Waals surface area contributed by atoms with Crippen molar-refractivity contribution < 1.29 is 14.6 Å².